The Balaban J connectivity index is 1.64. The van der Waals surface area contributed by atoms with Gasteiger partial charge in [-0.2, -0.15) is 0 Å². The van der Waals surface area contributed by atoms with Crippen LogP contribution in [-0.4, -0.2) is 19.5 Å². The Kier molecular flexibility index (Phi) is 4.29. The summed E-state index contributed by atoms with van der Waals surface area (Å²) in [7, 11) is 0. The molecule has 0 amide bonds. The van der Waals surface area contributed by atoms with Crippen molar-refractivity contribution >= 4 is 16.6 Å². The molecule has 0 spiro atoms. The summed E-state index contributed by atoms with van der Waals surface area (Å²) in [5, 5.41) is 12.4. The number of nitrogens with zero attached hydrogens (tertiary/aromatic N) is 4. The van der Waals surface area contributed by atoms with E-state index in [-0.39, 0.29) is 5.69 Å². The second kappa shape index (κ2) is 7.25. The zero-order valence-electron chi connectivity index (χ0n) is 15.8. The van der Waals surface area contributed by atoms with Crippen LogP contribution < -0.4 is 0 Å². The number of benzene rings is 2. The summed E-state index contributed by atoms with van der Waals surface area (Å²) in [5.41, 5.74) is 4.40. The number of fused-ring (bicyclic) bond motifs is 1. The first-order chi connectivity index (χ1) is 14.7. The molecule has 30 heavy (non-hydrogen) atoms. The van der Waals surface area contributed by atoms with E-state index in [0.29, 0.717) is 5.56 Å². The molecule has 0 aliphatic carbocycles. The van der Waals surface area contributed by atoms with E-state index in [9.17, 15) is 10.1 Å². The number of nitro groups is 1. The van der Waals surface area contributed by atoms with Crippen LogP contribution in [0.1, 0.15) is 0 Å². The van der Waals surface area contributed by atoms with Crippen LogP contribution in [-0.2, 0) is 0 Å². The predicted octanol–water partition coefficient (Wildman–Crippen LogP) is 5.66. The van der Waals surface area contributed by atoms with Gasteiger partial charge < -0.3 is 4.57 Å². The molecule has 0 unspecified atom stereocenters. The molecule has 0 atom stereocenters. The molecular weight excluding hydrogens is 376 g/mol. The third kappa shape index (κ3) is 3.10. The molecule has 144 valence electrons. The molecule has 5 aromatic rings. The van der Waals surface area contributed by atoms with Crippen molar-refractivity contribution in [1.29, 1.82) is 0 Å². The van der Waals surface area contributed by atoms with E-state index in [0.717, 1.165) is 33.4 Å². The van der Waals surface area contributed by atoms with Crippen LogP contribution in [0.5, 0.6) is 0 Å². The molecular formula is C24H16N4O2. The van der Waals surface area contributed by atoms with Gasteiger partial charge in [-0.1, -0.05) is 42.5 Å². The van der Waals surface area contributed by atoms with Gasteiger partial charge in [0.25, 0.3) is 5.69 Å². The second-order valence-electron chi connectivity index (χ2n) is 6.88. The van der Waals surface area contributed by atoms with Gasteiger partial charge in [0.05, 0.1) is 16.0 Å². The van der Waals surface area contributed by atoms with E-state index >= 15 is 0 Å². The zero-order chi connectivity index (χ0) is 20.5. The zero-order valence-corrected chi connectivity index (χ0v) is 15.8. The standard InChI is InChI=1S/C24H16N4O2/c29-28(30)23-16-25-11-9-21(23)20-7-6-18-10-13-27(22(18)14-20)24-15-19(8-12-26-24)17-4-2-1-3-5-17/h1-16H. The quantitative estimate of drug-likeness (QED) is 0.292. The van der Waals surface area contributed by atoms with E-state index in [1.54, 1.807) is 18.5 Å². The highest BCUT2D eigenvalue weighted by atomic mass is 16.6. The molecule has 0 fully saturated rings. The average Bonchev–Trinajstić information content (AvgIpc) is 3.23. The first-order valence-electron chi connectivity index (χ1n) is 9.42. The van der Waals surface area contributed by atoms with Gasteiger partial charge in [-0.05, 0) is 47.0 Å². The molecule has 0 bridgehead atoms. The molecule has 0 aliphatic heterocycles. The van der Waals surface area contributed by atoms with Crippen molar-refractivity contribution in [2.24, 2.45) is 0 Å². The number of rotatable bonds is 4. The largest absolute Gasteiger partial charge is 0.301 e. The summed E-state index contributed by atoms with van der Waals surface area (Å²) in [4.78, 5) is 19.5. The van der Waals surface area contributed by atoms with Crippen molar-refractivity contribution in [1.82, 2.24) is 14.5 Å². The van der Waals surface area contributed by atoms with Gasteiger partial charge in [0.2, 0.25) is 0 Å². The minimum Gasteiger partial charge on any atom is -0.301 e. The first kappa shape index (κ1) is 17.8. The summed E-state index contributed by atoms with van der Waals surface area (Å²) in [6, 6.07) is 23.6. The van der Waals surface area contributed by atoms with E-state index in [2.05, 4.69) is 22.1 Å². The Bertz CT molecular complexity index is 1380. The highest BCUT2D eigenvalue weighted by Crippen LogP contribution is 2.32. The molecule has 3 heterocycles. The Morgan fingerprint density at radius 3 is 2.53 bits per heavy atom. The van der Waals surface area contributed by atoms with Crippen LogP contribution in [0.4, 0.5) is 5.69 Å². The van der Waals surface area contributed by atoms with Gasteiger partial charge >= 0.3 is 0 Å². The SMILES string of the molecule is O=[N+]([O-])c1cnccc1-c1ccc2ccn(-c3cc(-c4ccccc4)ccn3)c2c1. The van der Waals surface area contributed by atoms with Crippen molar-refractivity contribution in [2.45, 2.75) is 0 Å². The Morgan fingerprint density at radius 1 is 0.833 bits per heavy atom. The van der Waals surface area contributed by atoms with Crippen LogP contribution in [0.25, 0.3) is 39.0 Å². The summed E-state index contributed by atoms with van der Waals surface area (Å²) < 4.78 is 2.00. The Morgan fingerprint density at radius 2 is 1.70 bits per heavy atom. The smallest absolute Gasteiger partial charge is 0.295 e. The van der Waals surface area contributed by atoms with E-state index in [4.69, 9.17) is 0 Å². The van der Waals surface area contributed by atoms with Gasteiger partial charge in [-0.25, -0.2) is 4.98 Å². The van der Waals surface area contributed by atoms with Gasteiger partial charge in [0.1, 0.15) is 12.0 Å². The molecule has 6 heteroatoms. The molecule has 0 N–H and O–H groups in total. The van der Waals surface area contributed by atoms with Crippen molar-refractivity contribution in [2.75, 3.05) is 0 Å². The van der Waals surface area contributed by atoms with Gasteiger partial charge in [0.15, 0.2) is 0 Å². The van der Waals surface area contributed by atoms with Crippen molar-refractivity contribution in [3.63, 3.8) is 0 Å². The maximum Gasteiger partial charge on any atom is 0.295 e. The van der Waals surface area contributed by atoms with Crippen LogP contribution in [0, 0.1) is 10.1 Å². The van der Waals surface area contributed by atoms with Gasteiger partial charge in [-0.15, -0.1) is 0 Å². The summed E-state index contributed by atoms with van der Waals surface area (Å²) in [6.07, 6.45) is 6.60. The fourth-order valence-electron chi connectivity index (χ4n) is 3.63. The van der Waals surface area contributed by atoms with E-state index in [1.165, 1.54) is 6.20 Å². The highest BCUT2D eigenvalue weighted by molar-refractivity contribution is 5.88. The maximum atomic E-state index is 11.4. The fraction of sp³-hybridized carbons (Fsp3) is 0. The first-order valence-corrected chi connectivity index (χ1v) is 9.42. The minimum atomic E-state index is -0.406. The lowest BCUT2D eigenvalue weighted by atomic mass is 10.0. The van der Waals surface area contributed by atoms with Crippen LogP contribution in [0.15, 0.2) is 97.6 Å². The minimum absolute atomic E-state index is 0.0147. The molecule has 0 radical (unpaired) electrons. The number of aromatic nitrogens is 3. The highest BCUT2D eigenvalue weighted by Gasteiger charge is 2.16. The Labute approximate surface area is 172 Å². The van der Waals surface area contributed by atoms with Gasteiger partial charge in [-0.3, -0.25) is 15.1 Å². The lowest BCUT2D eigenvalue weighted by molar-refractivity contribution is -0.384. The van der Waals surface area contributed by atoms with E-state index in [1.807, 2.05) is 65.4 Å². The van der Waals surface area contributed by atoms with Crippen LogP contribution in [0.3, 0.4) is 0 Å². The third-order valence-electron chi connectivity index (χ3n) is 5.10. The lowest BCUT2D eigenvalue weighted by Crippen LogP contribution is -1.97. The van der Waals surface area contributed by atoms with Crippen LogP contribution >= 0.6 is 0 Å². The molecule has 0 saturated heterocycles. The van der Waals surface area contributed by atoms with Crippen molar-refractivity contribution in [3.05, 3.63) is 108 Å². The monoisotopic (exact) mass is 392 g/mol. The molecule has 6 nitrogen and oxygen atoms in total. The second-order valence-corrected chi connectivity index (χ2v) is 6.88. The summed E-state index contributed by atoms with van der Waals surface area (Å²) in [5.74, 6) is 0.785. The summed E-state index contributed by atoms with van der Waals surface area (Å²) in [6.45, 7) is 0. The maximum absolute atomic E-state index is 11.4. The molecule has 0 saturated carbocycles. The Hall–Kier alpha value is -4.32. The predicted molar refractivity (Wildman–Crippen MR) is 116 cm³/mol. The number of hydrogen-bond acceptors (Lipinski definition) is 4. The normalized spacial score (nSPS) is 10.9. The lowest BCUT2D eigenvalue weighted by Gasteiger charge is -2.09. The van der Waals surface area contributed by atoms with Crippen molar-refractivity contribution in [3.8, 4) is 28.1 Å². The number of pyridine rings is 2. The van der Waals surface area contributed by atoms with Crippen molar-refractivity contribution < 1.29 is 4.92 Å². The van der Waals surface area contributed by atoms with Crippen LogP contribution in [0.2, 0.25) is 0 Å². The fourth-order valence-corrected chi connectivity index (χ4v) is 3.63. The topological polar surface area (TPSA) is 73.8 Å². The molecule has 0 aliphatic rings. The van der Waals surface area contributed by atoms with Gasteiger partial charge in [0, 0.05) is 24.0 Å². The molecule has 2 aromatic carbocycles. The summed E-state index contributed by atoms with van der Waals surface area (Å²) >= 11 is 0. The number of hydrogen-bond donors (Lipinski definition) is 0. The average molecular weight is 392 g/mol. The van der Waals surface area contributed by atoms with E-state index < -0.39 is 4.92 Å². The molecule has 5 rings (SSSR count). The molecule has 3 aromatic heterocycles. The third-order valence-corrected chi connectivity index (χ3v) is 5.10.